The summed E-state index contributed by atoms with van der Waals surface area (Å²) in [5, 5.41) is 7.80. The van der Waals surface area contributed by atoms with Gasteiger partial charge in [0, 0.05) is 40.8 Å². The number of piperidine rings is 1. The number of carbonyl (C=O) groups is 1. The second kappa shape index (κ2) is 10.8. The number of pyridine rings is 1. The third-order valence-corrected chi connectivity index (χ3v) is 6.14. The van der Waals surface area contributed by atoms with E-state index in [0.29, 0.717) is 29.4 Å². The lowest BCUT2D eigenvalue weighted by Gasteiger charge is -2.26. The molecule has 174 valence electrons. The third kappa shape index (κ3) is 5.92. The van der Waals surface area contributed by atoms with Gasteiger partial charge in [-0.2, -0.15) is 0 Å². The minimum Gasteiger partial charge on any atom is -0.496 e. The van der Waals surface area contributed by atoms with Gasteiger partial charge >= 0.3 is 0 Å². The van der Waals surface area contributed by atoms with Gasteiger partial charge in [0.05, 0.1) is 12.1 Å². The summed E-state index contributed by atoms with van der Waals surface area (Å²) in [4.78, 5) is 19.4. The first kappa shape index (κ1) is 23.3. The van der Waals surface area contributed by atoms with Crippen LogP contribution in [-0.2, 0) is 4.79 Å². The number of methoxy groups -OCH3 is 1. The Labute approximate surface area is 198 Å². The van der Waals surface area contributed by atoms with Gasteiger partial charge in [0.1, 0.15) is 17.4 Å². The molecule has 1 fully saturated rings. The molecule has 0 saturated carbocycles. The predicted molar refractivity (Wildman–Crippen MR) is 131 cm³/mol. The summed E-state index contributed by atoms with van der Waals surface area (Å²) in [6, 6.07) is 9.91. The molecule has 1 aliphatic heterocycles. The molecule has 33 heavy (non-hydrogen) atoms. The number of amides is 1. The van der Waals surface area contributed by atoms with Crippen LogP contribution < -0.4 is 15.4 Å². The fraction of sp³-hybridized carbons (Fsp3) is 0.360. The number of benzene rings is 2. The zero-order valence-electron chi connectivity index (χ0n) is 18.7. The van der Waals surface area contributed by atoms with Crippen molar-refractivity contribution in [1.82, 2.24) is 9.88 Å². The van der Waals surface area contributed by atoms with Crippen molar-refractivity contribution in [2.75, 3.05) is 37.4 Å². The highest BCUT2D eigenvalue weighted by molar-refractivity contribution is 6.31. The van der Waals surface area contributed by atoms with Crippen LogP contribution in [0.1, 0.15) is 32.1 Å². The van der Waals surface area contributed by atoms with E-state index in [1.165, 1.54) is 31.4 Å². The van der Waals surface area contributed by atoms with E-state index < -0.39 is 5.82 Å². The SMILES string of the molecule is COc1cc(NC(=O)CCCN2CCCCC2)cc2c(Nc3ccc(F)c(Cl)c3)nccc12. The number of rotatable bonds is 8. The average Bonchev–Trinajstić information content (AvgIpc) is 2.82. The fourth-order valence-corrected chi connectivity index (χ4v) is 4.35. The highest BCUT2D eigenvalue weighted by Crippen LogP contribution is 2.34. The van der Waals surface area contributed by atoms with Crippen molar-refractivity contribution in [1.29, 1.82) is 0 Å². The number of anilines is 3. The lowest BCUT2D eigenvalue weighted by molar-refractivity contribution is -0.116. The van der Waals surface area contributed by atoms with Crippen molar-refractivity contribution in [2.24, 2.45) is 0 Å². The maximum atomic E-state index is 13.5. The Morgan fingerprint density at radius 1 is 1.12 bits per heavy atom. The van der Waals surface area contributed by atoms with Gasteiger partial charge in [-0.1, -0.05) is 18.0 Å². The van der Waals surface area contributed by atoms with Crippen LogP contribution in [-0.4, -0.2) is 42.5 Å². The molecule has 1 aliphatic rings. The molecule has 0 aliphatic carbocycles. The van der Waals surface area contributed by atoms with E-state index in [1.807, 2.05) is 18.2 Å². The van der Waals surface area contributed by atoms with E-state index in [1.54, 1.807) is 19.4 Å². The van der Waals surface area contributed by atoms with Crippen LogP contribution in [0.25, 0.3) is 10.8 Å². The van der Waals surface area contributed by atoms with Gasteiger partial charge < -0.3 is 20.3 Å². The molecule has 1 saturated heterocycles. The minimum atomic E-state index is -0.486. The fourth-order valence-electron chi connectivity index (χ4n) is 4.17. The molecule has 3 aromatic rings. The quantitative estimate of drug-likeness (QED) is 0.423. The van der Waals surface area contributed by atoms with E-state index in [2.05, 4.69) is 20.5 Å². The molecule has 0 atom stereocenters. The Morgan fingerprint density at radius 3 is 2.70 bits per heavy atom. The Morgan fingerprint density at radius 2 is 1.94 bits per heavy atom. The van der Waals surface area contributed by atoms with Crippen LogP contribution in [0.2, 0.25) is 5.02 Å². The highest BCUT2D eigenvalue weighted by Gasteiger charge is 2.14. The Kier molecular flexibility index (Phi) is 7.62. The highest BCUT2D eigenvalue weighted by atomic mass is 35.5. The van der Waals surface area contributed by atoms with Crippen molar-refractivity contribution >= 4 is 45.5 Å². The van der Waals surface area contributed by atoms with Crippen LogP contribution in [0, 0.1) is 5.82 Å². The summed E-state index contributed by atoms with van der Waals surface area (Å²) in [6.07, 6.45) is 6.76. The molecule has 8 heteroatoms. The molecule has 2 heterocycles. The molecule has 6 nitrogen and oxygen atoms in total. The van der Waals surface area contributed by atoms with E-state index in [4.69, 9.17) is 16.3 Å². The maximum absolute atomic E-state index is 13.5. The second-order valence-corrected chi connectivity index (χ2v) is 8.65. The monoisotopic (exact) mass is 470 g/mol. The van der Waals surface area contributed by atoms with Crippen molar-refractivity contribution in [3.05, 3.63) is 53.4 Å². The van der Waals surface area contributed by atoms with Gasteiger partial charge in [0.2, 0.25) is 5.91 Å². The molecule has 0 bridgehead atoms. The van der Waals surface area contributed by atoms with Crippen molar-refractivity contribution in [2.45, 2.75) is 32.1 Å². The van der Waals surface area contributed by atoms with Crippen LogP contribution in [0.15, 0.2) is 42.6 Å². The molecule has 0 radical (unpaired) electrons. The zero-order chi connectivity index (χ0) is 23.2. The maximum Gasteiger partial charge on any atom is 0.224 e. The standard InChI is InChI=1S/C25H28ClFN4O2/c1-33-23-16-18(29-24(32)6-5-13-31-11-3-2-4-12-31)14-20-19(23)9-10-28-25(20)30-17-7-8-22(27)21(26)15-17/h7-10,14-16H,2-6,11-13H2,1H3,(H,28,30)(H,29,32). The number of nitrogens with one attached hydrogen (secondary N) is 2. The Balaban J connectivity index is 1.50. The minimum absolute atomic E-state index is 0.0234. The molecular formula is C25H28ClFN4O2. The van der Waals surface area contributed by atoms with Gasteiger partial charge in [-0.05, 0) is 69.2 Å². The molecule has 0 unspecified atom stereocenters. The van der Waals surface area contributed by atoms with Gasteiger partial charge in [0.25, 0.3) is 0 Å². The van der Waals surface area contributed by atoms with Crippen LogP contribution in [0.5, 0.6) is 5.75 Å². The third-order valence-electron chi connectivity index (χ3n) is 5.85. The molecule has 1 aromatic heterocycles. The Bertz CT molecular complexity index is 1130. The van der Waals surface area contributed by atoms with Crippen LogP contribution in [0.3, 0.4) is 0 Å². The molecule has 1 amide bonds. The van der Waals surface area contributed by atoms with E-state index in [9.17, 15) is 9.18 Å². The first-order valence-electron chi connectivity index (χ1n) is 11.2. The number of hydrogen-bond donors (Lipinski definition) is 2. The number of likely N-dealkylation sites (tertiary alicyclic amines) is 1. The summed E-state index contributed by atoms with van der Waals surface area (Å²) in [5.74, 6) is 0.658. The zero-order valence-corrected chi connectivity index (χ0v) is 19.4. The van der Waals surface area contributed by atoms with Crippen molar-refractivity contribution in [3.63, 3.8) is 0 Å². The van der Waals surface area contributed by atoms with E-state index in [0.717, 1.165) is 36.8 Å². The van der Waals surface area contributed by atoms with Gasteiger partial charge in [-0.15, -0.1) is 0 Å². The lowest BCUT2D eigenvalue weighted by Crippen LogP contribution is -2.31. The number of fused-ring (bicyclic) bond motifs is 1. The summed E-state index contributed by atoms with van der Waals surface area (Å²) in [7, 11) is 1.59. The number of aromatic nitrogens is 1. The van der Waals surface area contributed by atoms with E-state index in [-0.39, 0.29) is 10.9 Å². The number of hydrogen-bond acceptors (Lipinski definition) is 5. The van der Waals surface area contributed by atoms with Gasteiger partial charge in [0.15, 0.2) is 0 Å². The molecule has 0 spiro atoms. The van der Waals surface area contributed by atoms with Crippen molar-refractivity contribution < 1.29 is 13.9 Å². The molecule has 4 rings (SSSR count). The average molecular weight is 471 g/mol. The molecule has 2 N–H and O–H groups in total. The summed E-state index contributed by atoms with van der Waals surface area (Å²) in [6.45, 7) is 3.21. The summed E-state index contributed by atoms with van der Waals surface area (Å²) >= 11 is 5.91. The van der Waals surface area contributed by atoms with Crippen LogP contribution >= 0.6 is 11.6 Å². The molecule has 2 aromatic carbocycles. The first-order valence-corrected chi connectivity index (χ1v) is 11.6. The largest absolute Gasteiger partial charge is 0.496 e. The van der Waals surface area contributed by atoms with E-state index >= 15 is 0 Å². The van der Waals surface area contributed by atoms with Crippen molar-refractivity contribution in [3.8, 4) is 5.75 Å². The van der Waals surface area contributed by atoms with Gasteiger partial charge in [-0.3, -0.25) is 4.79 Å². The number of carbonyl (C=O) groups excluding carboxylic acids is 1. The lowest BCUT2D eigenvalue weighted by atomic mass is 10.1. The summed E-state index contributed by atoms with van der Waals surface area (Å²) < 4.78 is 19.1. The normalized spacial score (nSPS) is 14.3. The smallest absolute Gasteiger partial charge is 0.224 e. The second-order valence-electron chi connectivity index (χ2n) is 8.24. The number of nitrogens with zero attached hydrogens (tertiary/aromatic N) is 2. The van der Waals surface area contributed by atoms with Crippen LogP contribution in [0.4, 0.5) is 21.6 Å². The van der Waals surface area contributed by atoms with Gasteiger partial charge in [-0.25, -0.2) is 9.37 Å². The topological polar surface area (TPSA) is 66.5 Å². The first-order chi connectivity index (χ1) is 16.0. The molecular weight excluding hydrogens is 443 g/mol. The Hall–Kier alpha value is -2.90. The number of halogens is 2. The summed E-state index contributed by atoms with van der Waals surface area (Å²) in [5.41, 5.74) is 1.24. The number of ether oxygens (including phenoxy) is 1. The predicted octanol–water partition coefficient (Wildman–Crippen LogP) is 5.98.